The summed E-state index contributed by atoms with van der Waals surface area (Å²) in [6, 6.07) is 7.03. The molecule has 2 fully saturated rings. The molecule has 4 nitrogen and oxygen atoms in total. The number of imide groups is 1. The molecule has 2 atom stereocenters. The van der Waals surface area contributed by atoms with Crippen LogP contribution in [0.4, 0.5) is 5.69 Å². The quantitative estimate of drug-likeness (QED) is 0.785. The highest BCUT2D eigenvalue weighted by Gasteiger charge is 2.48. The maximum Gasteiger partial charge on any atom is 0.238 e. The third-order valence-electron chi connectivity index (χ3n) is 3.87. The van der Waals surface area contributed by atoms with E-state index in [-0.39, 0.29) is 29.9 Å². The molecule has 0 radical (unpaired) electrons. The summed E-state index contributed by atoms with van der Waals surface area (Å²) in [6.07, 6.45) is 1.43. The van der Waals surface area contributed by atoms with E-state index in [1.807, 2.05) is 0 Å². The van der Waals surface area contributed by atoms with Gasteiger partial charge in [-0.2, -0.15) is 0 Å². The van der Waals surface area contributed by atoms with Crippen molar-refractivity contribution in [2.45, 2.75) is 19.3 Å². The number of anilines is 1. The largest absolute Gasteiger partial charge is 0.299 e. The smallest absolute Gasteiger partial charge is 0.238 e. The first-order chi connectivity index (χ1) is 9.08. The van der Waals surface area contributed by atoms with Crippen LogP contribution >= 0.6 is 15.9 Å². The molecule has 1 aromatic carbocycles. The molecule has 1 saturated heterocycles. The van der Waals surface area contributed by atoms with E-state index in [0.717, 1.165) is 10.9 Å². The van der Waals surface area contributed by atoms with Crippen LogP contribution in [-0.4, -0.2) is 17.6 Å². The summed E-state index contributed by atoms with van der Waals surface area (Å²) in [5, 5.41) is 0. The fourth-order valence-electron chi connectivity index (χ4n) is 2.69. The molecule has 3 rings (SSSR count). The lowest BCUT2D eigenvalue weighted by Crippen LogP contribution is -2.38. The number of nitrogens with zero attached hydrogens (tertiary/aromatic N) is 1. The monoisotopic (exact) mass is 321 g/mol. The van der Waals surface area contributed by atoms with Gasteiger partial charge in [0.15, 0.2) is 0 Å². The molecule has 98 valence electrons. The summed E-state index contributed by atoms with van der Waals surface area (Å²) >= 11 is 3.31. The summed E-state index contributed by atoms with van der Waals surface area (Å²) in [5.41, 5.74) is 0.576. The number of hydrogen-bond acceptors (Lipinski definition) is 3. The zero-order valence-corrected chi connectivity index (χ0v) is 11.7. The number of ketones is 1. The molecule has 0 spiro atoms. The van der Waals surface area contributed by atoms with Crippen LogP contribution in [0.1, 0.15) is 19.3 Å². The fraction of sp³-hybridized carbons (Fsp3) is 0.357. The number of Topliss-reactive ketones (excluding diaryl/α,β-unsaturated/α-hetero) is 1. The van der Waals surface area contributed by atoms with Crippen molar-refractivity contribution in [2.24, 2.45) is 11.8 Å². The Kier molecular flexibility index (Phi) is 3.01. The second-order valence-corrected chi connectivity index (χ2v) is 5.88. The molecule has 5 heteroatoms. The Morgan fingerprint density at radius 2 is 1.74 bits per heavy atom. The number of carbonyl (C=O) groups excluding carboxylic acids is 3. The van der Waals surface area contributed by atoms with Crippen molar-refractivity contribution < 1.29 is 14.4 Å². The van der Waals surface area contributed by atoms with Gasteiger partial charge in [0.05, 0.1) is 11.6 Å². The van der Waals surface area contributed by atoms with Gasteiger partial charge < -0.3 is 0 Å². The maximum absolute atomic E-state index is 12.3. The molecule has 1 aliphatic heterocycles. The lowest BCUT2D eigenvalue weighted by molar-refractivity contribution is -0.136. The fourth-order valence-corrected chi connectivity index (χ4v) is 2.95. The number of amides is 2. The van der Waals surface area contributed by atoms with Crippen LogP contribution in [0.15, 0.2) is 28.7 Å². The first-order valence-corrected chi connectivity index (χ1v) is 7.02. The van der Waals surface area contributed by atoms with Gasteiger partial charge in [0, 0.05) is 23.2 Å². The number of halogens is 1. The van der Waals surface area contributed by atoms with Crippen LogP contribution in [0.3, 0.4) is 0 Å². The van der Waals surface area contributed by atoms with E-state index in [2.05, 4.69) is 15.9 Å². The number of rotatable bonds is 2. The average molecular weight is 322 g/mol. The number of carbonyl (C=O) groups is 3. The van der Waals surface area contributed by atoms with E-state index >= 15 is 0 Å². The lowest BCUT2D eigenvalue weighted by atomic mass is 9.74. The summed E-state index contributed by atoms with van der Waals surface area (Å²) in [4.78, 5) is 37.0. The van der Waals surface area contributed by atoms with Crippen molar-refractivity contribution in [1.82, 2.24) is 0 Å². The first-order valence-electron chi connectivity index (χ1n) is 6.23. The number of benzene rings is 1. The lowest BCUT2D eigenvalue weighted by Gasteiger charge is -2.28. The van der Waals surface area contributed by atoms with Crippen LogP contribution in [0.25, 0.3) is 0 Å². The van der Waals surface area contributed by atoms with Gasteiger partial charge in [0.25, 0.3) is 0 Å². The molecule has 0 aromatic heterocycles. The van der Waals surface area contributed by atoms with Crippen molar-refractivity contribution in [3.05, 3.63) is 28.7 Å². The van der Waals surface area contributed by atoms with Crippen LogP contribution in [0, 0.1) is 11.8 Å². The molecule has 1 aliphatic carbocycles. The standard InChI is InChI=1S/C14H12BrNO3/c15-8-1-3-9(4-2-8)16-13(18)7-11(14(16)19)10-5-6-12(10)17/h1-4,10-11H,5-7H2/t10-,11+/m1/s1. The minimum absolute atomic E-state index is 0.115. The highest BCUT2D eigenvalue weighted by Crippen LogP contribution is 2.38. The Bertz CT molecular complexity index is 567. The van der Waals surface area contributed by atoms with E-state index in [0.29, 0.717) is 12.1 Å². The Labute approximate surface area is 118 Å². The van der Waals surface area contributed by atoms with Gasteiger partial charge >= 0.3 is 0 Å². The van der Waals surface area contributed by atoms with Crippen molar-refractivity contribution in [2.75, 3.05) is 4.90 Å². The van der Waals surface area contributed by atoms with Gasteiger partial charge in [-0.25, -0.2) is 0 Å². The highest BCUT2D eigenvalue weighted by molar-refractivity contribution is 9.10. The van der Waals surface area contributed by atoms with Crippen LogP contribution in [-0.2, 0) is 14.4 Å². The van der Waals surface area contributed by atoms with Gasteiger partial charge in [-0.1, -0.05) is 15.9 Å². The zero-order valence-electron chi connectivity index (χ0n) is 10.1. The second kappa shape index (κ2) is 4.56. The van der Waals surface area contributed by atoms with Crippen molar-refractivity contribution in [1.29, 1.82) is 0 Å². The van der Waals surface area contributed by atoms with Crippen molar-refractivity contribution >= 4 is 39.2 Å². The van der Waals surface area contributed by atoms with E-state index in [9.17, 15) is 14.4 Å². The van der Waals surface area contributed by atoms with Crippen molar-refractivity contribution in [3.63, 3.8) is 0 Å². The van der Waals surface area contributed by atoms with Gasteiger partial charge in [0.2, 0.25) is 11.8 Å². The number of hydrogen-bond donors (Lipinski definition) is 0. The highest BCUT2D eigenvalue weighted by atomic mass is 79.9. The van der Waals surface area contributed by atoms with Gasteiger partial charge in [-0.15, -0.1) is 0 Å². The zero-order chi connectivity index (χ0) is 13.6. The maximum atomic E-state index is 12.3. The van der Waals surface area contributed by atoms with E-state index in [4.69, 9.17) is 0 Å². The van der Waals surface area contributed by atoms with Gasteiger partial charge in [0.1, 0.15) is 5.78 Å². The van der Waals surface area contributed by atoms with Crippen LogP contribution in [0.5, 0.6) is 0 Å². The topological polar surface area (TPSA) is 54.5 Å². The molecule has 1 aromatic rings. The van der Waals surface area contributed by atoms with E-state index in [1.54, 1.807) is 24.3 Å². The van der Waals surface area contributed by atoms with Crippen LogP contribution < -0.4 is 4.90 Å². The molecule has 19 heavy (non-hydrogen) atoms. The average Bonchev–Trinajstić information content (AvgIpc) is 2.65. The molecular weight excluding hydrogens is 310 g/mol. The summed E-state index contributed by atoms with van der Waals surface area (Å²) in [5.74, 6) is -1.01. The van der Waals surface area contributed by atoms with Gasteiger partial charge in [-0.05, 0) is 30.7 Å². The third kappa shape index (κ3) is 2.02. The Morgan fingerprint density at radius 1 is 1.05 bits per heavy atom. The summed E-state index contributed by atoms with van der Waals surface area (Å²) in [6.45, 7) is 0. The molecule has 1 saturated carbocycles. The molecule has 0 bridgehead atoms. The minimum atomic E-state index is -0.447. The molecule has 1 heterocycles. The molecule has 0 unspecified atom stereocenters. The van der Waals surface area contributed by atoms with E-state index in [1.165, 1.54) is 4.90 Å². The van der Waals surface area contributed by atoms with E-state index < -0.39 is 5.92 Å². The third-order valence-corrected chi connectivity index (χ3v) is 4.40. The van der Waals surface area contributed by atoms with Gasteiger partial charge in [-0.3, -0.25) is 19.3 Å². The molecule has 2 amide bonds. The molecular formula is C14H12BrNO3. The summed E-state index contributed by atoms with van der Waals surface area (Å²) < 4.78 is 0.890. The molecule has 0 N–H and O–H groups in total. The predicted octanol–water partition coefficient (Wildman–Crippen LogP) is 2.31. The normalized spacial score (nSPS) is 26.8. The Balaban J connectivity index is 1.87. The Morgan fingerprint density at radius 3 is 2.26 bits per heavy atom. The van der Waals surface area contributed by atoms with Crippen molar-refractivity contribution in [3.8, 4) is 0 Å². The molecule has 2 aliphatic rings. The second-order valence-electron chi connectivity index (χ2n) is 4.97. The first kappa shape index (κ1) is 12.5. The SMILES string of the molecule is O=C1CC[C@@H]1[C@@H]1CC(=O)N(c2ccc(Br)cc2)C1=O. The minimum Gasteiger partial charge on any atom is -0.299 e. The predicted molar refractivity (Wildman–Crippen MR) is 72.5 cm³/mol. The summed E-state index contributed by atoms with van der Waals surface area (Å²) in [7, 11) is 0. The Hall–Kier alpha value is -1.49. The van der Waals surface area contributed by atoms with Crippen LogP contribution in [0.2, 0.25) is 0 Å².